The van der Waals surface area contributed by atoms with Crippen molar-refractivity contribution in [1.82, 2.24) is 0 Å². The summed E-state index contributed by atoms with van der Waals surface area (Å²) in [6.07, 6.45) is 0. The van der Waals surface area contributed by atoms with Gasteiger partial charge in [0.2, 0.25) is 0 Å². The molecular formula is C15H15NO6S2. The van der Waals surface area contributed by atoms with E-state index in [2.05, 4.69) is 9.46 Å². The highest BCUT2D eigenvalue weighted by Gasteiger charge is 2.25. The zero-order valence-corrected chi connectivity index (χ0v) is 14.6. The van der Waals surface area contributed by atoms with Crippen LogP contribution in [0.1, 0.15) is 27.0 Å². The van der Waals surface area contributed by atoms with Crippen LogP contribution in [0.25, 0.3) is 0 Å². The number of ether oxygens (including phenoxy) is 2. The first kappa shape index (κ1) is 18.0. The van der Waals surface area contributed by atoms with E-state index in [1.807, 2.05) is 0 Å². The number of hydrogen-bond donors (Lipinski definition) is 1. The van der Waals surface area contributed by atoms with Crippen molar-refractivity contribution in [3.05, 3.63) is 46.2 Å². The highest BCUT2D eigenvalue weighted by molar-refractivity contribution is 7.93. The molecule has 0 aliphatic rings. The number of esters is 2. The Balaban J connectivity index is 2.30. The van der Waals surface area contributed by atoms with Gasteiger partial charge in [0.05, 0.1) is 19.3 Å². The molecule has 1 aromatic carbocycles. The predicted molar refractivity (Wildman–Crippen MR) is 88.9 cm³/mol. The van der Waals surface area contributed by atoms with Gasteiger partial charge in [-0.2, -0.15) is 0 Å². The molecule has 0 bridgehead atoms. The average Bonchev–Trinajstić information content (AvgIpc) is 3.05. The second kappa shape index (κ2) is 7.45. The van der Waals surface area contributed by atoms with E-state index in [1.54, 1.807) is 6.92 Å². The van der Waals surface area contributed by atoms with Crippen molar-refractivity contribution in [3.8, 4) is 0 Å². The third-order valence-corrected chi connectivity index (χ3v) is 5.36. The zero-order chi connectivity index (χ0) is 17.7. The van der Waals surface area contributed by atoms with Crippen LogP contribution in [0, 0.1) is 0 Å². The third-order valence-electron chi connectivity index (χ3n) is 2.92. The molecule has 1 heterocycles. The van der Waals surface area contributed by atoms with Gasteiger partial charge in [0.1, 0.15) is 9.77 Å². The summed E-state index contributed by atoms with van der Waals surface area (Å²) >= 11 is 0.966. The van der Waals surface area contributed by atoms with E-state index in [-0.39, 0.29) is 27.6 Å². The van der Waals surface area contributed by atoms with E-state index in [9.17, 15) is 18.0 Å². The van der Waals surface area contributed by atoms with Crippen LogP contribution in [0.2, 0.25) is 0 Å². The number of benzene rings is 1. The van der Waals surface area contributed by atoms with Gasteiger partial charge in [0.15, 0.2) is 0 Å². The average molecular weight is 369 g/mol. The number of rotatable bonds is 6. The van der Waals surface area contributed by atoms with Crippen molar-refractivity contribution in [2.45, 2.75) is 11.8 Å². The molecule has 0 radical (unpaired) electrons. The molecule has 0 unspecified atom stereocenters. The molecule has 0 aliphatic carbocycles. The lowest BCUT2D eigenvalue weighted by Gasteiger charge is -2.09. The van der Waals surface area contributed by atoms with Gasteiger partial charge in [-0.15, -0.1) is 11.3 Å². The Labute approximate surface area is 143 Å². The van der Waals surface area contributed by atoms with Crippen LogP contribution < -0.4 is 4.72 Å². The van der Waals surface area contributed by atoms with Crippen LogP contribution in [0.15, 0.2) is 40.6 Å². The molecule has 0 spiro atoms. The lowest BCUT2D eigenvalue weighted by molar-refractivity contribution is 0.0525. The van der Waals surface area contributed by atoms with E-state index in [0.29, 0.717) is 0 Å². The number of nitrogens with one attached hydrogen (secondary N) is 1. The second-order valence-corrected chi connectivity index (χ2v) is 7.08. The van der Waals surface area contributed by atoms with Crippen molar-refractivity contribution in [1.29, 1.82) is 0 Å². The Morgan fingerprint density at radius 1 is 1.21 bits per heavy atom. The highest BCUT2D eigenvalue weighted by atomic mass is 32.2. The van der Waals surface area contributed by atoms with E-state index in [1.165, 1.54) is 42.8 Å². The van der Waals surface area contributed by atoms with E-state index in [4.69, 9.17) is 4.74 Å². The fourth-order valence-electron chi connectivity index (χ4n) is 1.88. The molecule has 0 amide bonds. The van der Waals surface area contributed by atoms with Gasteiger partial charge >= 0.3 is 11.9 Å². The molecular weight excluding hydrogens is 354 g/mol. The first-order valence-corrected chi connectivity index (χ1v) is 9.21. The number of anilines is 1. The summed E-state index contributed by atoms with van der Waals surface area (Å²) < 4.78 is 36.8. The maximum Gasteiger partial charge on any atom is 0.349 e. The first-order valence-electron chi connectivity index (χ1n) is 6.85. The summed E-state index contributed by atoms with van der Waals surface area (Å²) in [6.45, 7) is 1.89. The van der Waals surface area contributed by atoms with Gasteiger partial charge in [-0.05, 0) is 36.6 Å². The van der Waals surface area contributed by atoms with Crippen molar-refractivity contribution < 1.29 is 27.5 Å². The zero-order valence-electron chi connectivity index (χ0n) is 12.9. The second-order valence-electron chi connectivity index (χ2n) is 4.51. The van der Waals surface area contributed by atoms with Crippen LogP contribution in [0.5, 0.6) is 0 Å². The normalized spacial score (nSPS) is 10.9. The molecule has 128 valence electrons. The first-order chi connectivity index (χ1) is 11.4. The van der Waals surface area contributed by atoms with Crippen LogP contribution in [-0.4, -0.2) is 34.1 Å². The highest BCUT2D eigenvalue weighted by Crippen LogP contribution is 2.25. The quantitative estimate of drug-likeness (QED) is 0.786. The maximum absolute atomic E-state index is 12.5. The summed E-state index contributed by atoms with van der Waals surface area (Å²) in [5, 5.41) is 1.48. The Kier molecular flexibility index (Phi) is 5.58. The third kappa shape index (κ3) is 3.92. The van der Waals surface area contributed by atoms with Gasteiger partial charge in [-0.3, -0.25) is 4.72 Å². The number of carbonyl (C=O) groups excluding carboxylic acids is 2. The van der Waals surface area contributed by atoms with Gasteiger partial charge < -0.3 is 9.47 Å². The summed E-state index contributed by atoms with van der Waals surface area (Å²) in [5.74, 6) is -1.28. The minimum atomic E-state index is -4.00. The Morgan fingerprint density at radius 3 is 2.62 bits per heavy atom. The monoisotopic (exact) mass is 369 g/mol. The van der Waals surface area contributed by atoms with Gasteiger partial charge in [-0.25, -0.2) is 18.0 Å². The minimum Gasteiger partial charge on any atom is -0.465 e. The fourth-order valence-corrected chi connectivity index (χ4v) is 4.27. The Morgan fingerprint density at radius 2 is 1.96 bits per heavy atom. The molecule has 0 atom stereocenters. The Bertz CT molecular complexity index is 856. The van der Waals surface area contributed by atoms with E-state index < -0.39 is 22.0 Å². The molecule has 1 N–H and O–H groups in total. The molecule has 0 saturated carbocycles. The van der Waals surface area contributed by atoms with Crippen LogP contribution in [0.3, 0.4) is 0 Å². The van der Waals surface area contributed by atoms with Crippen molar-refractivity contribution in [2.24, 2.45) is 0 Å². The number of carbonyl (C=O) groups is 2. The summed E-state index contributed by atoms with van der Waals surface area (Å²) in [6, 6.07) is 7.21. The summed E-state index contributed by atoms with van der Waals surface area (Å²) in [7, 11) is -2.83. The standard InChI is InChI=1S/C15H15NO6S2/c1-3-22-14(17)10-5-4-6-11(9-10)16-24(19,20)12-7-8-23-13(12)15(18)21-2/h4-9,16H,3H2,1-2H3. The lowest BCUT2D eigenvalue weighted by Crippen LogP contribution is -2.16. The number of sulfonamides is 1. The SMILES string of the molecule is CCOC(=O)c1cccc(NS(=O)(=O)c2ccsc2C(=O)OC)c1. The fraction of sp³-hybridized carbons (Fsp3) is 0.200. The van der Waals surface area contributed by atoms with Gasteiger partial charge in [0.25, 0.3) is 10.0 Å². The predicted octanol–water partition coefficient (Wildman–Crippen LogP) is 2.51. The van der Waals surface area contributed by atoms with E-state index in [0.717, 1.165) is 11.3 Å². The number of hydrogen-bond acceptors (Lipinski definition) is 7. The Hall–Kier alpha value is -2.39. The topological polar surface area (TPSA) is 98.8 Å². The largest absolute Gasteiger partial charge is 0.465 e. The number of thiophene rings is 1. The van der Waals surface area contributed by atoms with Crippen molar-refractivity contribution >= 4 is 39.0 Å². The molecule has 0 aliphatic heterocycles. The van der Waals surface area contributed by atoms with E-state index >= 15 is 0 Å². The molecule has 2 rings (SSSR count). The molecule has 1 aromatic heterocycles. The molecule has 7 nitrogen and oxygen atoms in total. The summed E-state index contributed by atoms with van der Waals surface area (Å²) in [4.78, 5) is 23.2. The maximum atomic E-state index is 12.5. The lowest BCUT2D eigenvalue weighted by atomic mass is 10.2. The van der Waals surface area contributed by atoms with Crippen LogP contribution >= 0.6 is 11.3 Å². The van der Waals surface area contributed by atoms with Crippen molar-refractivity contribution in [3.63, 3.8) is 0 Å². The molecule has 9 heteroatoms. The molecule has 0 fully saturated rings. The smallest absolute Gasteiger partial charge is 0.349 e. The number of methoxy groups -OCH3 is 1. The van der Waals surface area contributed by atoms with Crippen LogP contribution in [-0.2, 0) is 19.5 Å². The van der Waals surface area contributed by atoms with Crippen LogP contribution in [0.4, 0.5) is 5.69 Å². The van der Waals surface area contributed by atoms with Gasteiger partial charge in [0, 0.05) is 5.69 Å². The molecule has 2 aromatic rings. The summed E-state index contributed by atoms with van der Waals surface area (Å²) in [5.41, 5.74) is 0.401. The molecule has 24 heavy (non-hydrogen) atoms. The minimum absolute atomic E-state index is 0.0217. The van der Waals surface area contributed by atoms with Gasteiger partial charge in [-0.1, -0.05) is 6.07 Å². The van der Waals surface area contributed by atoms with Crippen molar-refractivity contribution in [2.75, 3.05) is 18.4 Å². The molecule has 0 saturated heterocycles.